The summed E-state index contributed by atoms with van der Waals surface area (Å²) >= 11 is 0. The van der Waals surface area contributed by atoms with Gasteiger partial charge in [-0.15, -0.1) is 5.10 Å². The van der Waals surface area contributed by atoms with E-state index < -0.39 is 0 Å². The molecule has 1 saturated heterocycles. The predicted octanol–water partition coefficient (Wildman–Crippen LogP) is 1.16. The summed E-state index contributed by atoms with van der Waals surface area (Å²) in [5, 5.41) is 13.6. The van der Waals surface area contributed by atoms with Crippen LogP contribution in [0.2, 0.25) is 0 Å². The molecule has 5 rings (SSSR count). The zero-order chi connectivity index (χ0) is 20.9. The second kappa shape index (κ2) is 7.09. The SMILES string of the molecule is CCC(C)(C)n1nnnc1[C@@H](c1cc2cc3c(cc2[nH]c1=O)OCO3)[NH+]1CCCC1. The number of nitrogens with one attached hydrogen (secondary N) is 2. The number of H-pyrrole nitrogens is 1. The van der Waals surface area contributed by atoms with Crippen molar-refractivity contribution in [3.05, 3.63) is 39.9 Å². The van der Waals surface area contributed by atoms with Crippen LogP contribution in [0.15, 0.2) is 23.0 Å². The third kappa shape index (κ3) is 3.04. The highest BCUT2D eigenvalue weighted by Gasteiger charge is 2.38. The number of aromatic amines is 1. The number of hydrogen-bond donors (Lipinski definition) is 2. The normalized spacial score (nSPS) is 17.7. The molecular weight excluding hydrogens is 384 g/mol. The number of aromatic nitrogens is 5. The van der Waals surface area contributed by atoms with E-state index >= 15 is 0 Å². The van der Waals surface area contributed by atoms with Gasteiger partial charge in [-0.25, -0.2) is 4.68 Å². The Morgan fingerprint density at radius 3 is 2.67 bits per heavy atom. The first-order valence-electron chi connectivity index (χ1n) is 10.6. The van der Waals surface area contributed by atoms with Gasteiger partial charge in [-0.2, -0.15) is 0 Å². The Labute approximate surface area is 174 Å². The summed E-state index contributed by atoms with van der Waals surface area (Å²) in [6.45, 7) is 8.53. The van der Waals surface area contributed by atoms with Crippen molar-refractivity contribution < 1.29 is 14.4 Å². The Morgan fingerprint density at radius 2 is 1.93 bits per heavy atom. The smallest absolute Gasteiger partial charge is 0.258 e. The average molecular weight is 411 g/mol. The Morgan fingerprint density at radius 1 is 1.20 bits per heavy atom. The van der Waals surface area contributed by atoms with Gasteiger partial charge in [0.2, 0.25) is 12.6 Å². The van der Waals surface area contributed by atoms with Crippen LogP contribution in [-0.4, -0.2) is 45.1 Å². The van der Waals surface area contributed by atoms with E-state index in [0.717, 1.165) is 49.1 Å². The van der Waals surface area contributed by atoms with Crippen LogP contribution in [0.25, 0.3) is 10.9 Å². The number of hydrogen-bond acceptors (Lipinski definition) is 6. The van der Waals surface area contributed by atoms with E-state index in [9.17, 15) is 4.79 Å². The minimum absolute atomic E-state index is 0.116. The zero-order valence-corrected chi connectivity index (χ0v) is 17.6. The predicted molar refractivity (Wildman–Crippen MR) is 110 cm³/mol. The number of likely N-dealkylation sites (tertiary alicyclic amines) is 1. The molecule has 0 amide bonds. The molecule has 9 nitrogen and oxygen atoms in total. The second-order valence-corrected chi connectivity index (χ2v) is 8.76. The Kier molecular flexibility index (Phi) is 4.50. The molecule has 0 spiro atoms. The minimum Gasteiger partial charge on any atom is -0.454 e. The van der Waals surface area contributed by atoms with E-state index in [1.165, 1.54) is 4.90 Å². The van der Waals surface area contributed by atoms with Crippen LogP contribution in [-0.2, 0) is 5.54 Å². The van der Waals surface area contributed by atoms with Gasteiger partial charge in [0, 0.05) is 24.3 Å². The number of nitrogens with zero attached hydrogens (tertiary/aromatic N) is 4. The van der Waals surface area contributed by atoms with E-state index in [1.807, 2.05) is 22.9 Å². The number of fused-ring (bicyclic) bond motifs is 2. The molecule has 1 fully saturated rings. The lowest BCUT2D eigenvalue weighted by Gasteiger charge is -2.29. The third-order valence-electron chi connectivity index (χ3n) is 6.52. The molecule has 0 bridgehead atoms. The van der Waals surface area contributed by atoms with E-state index in [1.54, 1.807) is 0 Å². The maximum atomic E-state index is 13.2. The van der Waals surface area contributed by atoms with Crippen LogP contribution in [0.5, 0.6) is 11.5 Å². The Bertz CT molecular complexity index is 1150. The van der Waals surface area contributed by atoms with Gasteiger partial charge < -0.3 is 19.4 Å². The summed E-state index contributed by atoms with van der Waals surface area (Å²) in [4.78, 5) is 17.6. The van der Waals surface area contributed by atoms with Crippen molar-refractivity contribution in [3.63, 3.8) is 0 Å². The first-order chi connectivity index (χ1) is 14.5. The Balaban J connectivity index is 1.69. The molecule has 0 radical (unpaired) electrons. The molecule has 1 aromatic carbocycles. The Hall–Kier alpha value is -2.94. The molecule has 3 aromatic rings. The van der Waals surface area contributed by atoms with Crippen LogP contribution in [0.3, 0.4) is 0 Å². The summed E-state index contributed by atoms with van der Waals surface area (Å²) < 4.78 is 12.9. The van der Waals surface area contributed by atoms with Crippen molar-refractivity contribution in [3.8, 4) is 11.5 Å². The van der Waals surface area contributed by atoms with Crippen molar-refractivity contribution in [2.45, 2.75) is 51.6 Å². The molecule has 2 aliphatic heterocycles. The van der Waals surface area contributed by atoms with Crippen LogP contribution in [0, 0.1) is 0 Å². The highest BCUT2D eigenvalue weighted by atomic mass is 16.7. The lowest BCUT2D eigenvalue weighted by molar-refractivity contribution is -0.914. The summed E-state index contributed by atoms with van der Waals surface area (Å²) in [7, 11) is 0. The van der Waals surface area contributed by atoms with Gasteiger partial charge in [-0.05, 0) is 42.8 Å². The lowest BCUT2D eigenvalue weighted by Crippen LogP contribution is -3.10. The number of quaternary nitrogens is 1. The monoisotopic (exact) mass is 411 g/mol. The topological polar surface area (TPSA) is 99.4 Å². The largest absolute Gasteiger partial charge is 0.454 e. The number of ether oxygens (including phenoxy) is 2. The van der Waals surface area contributed by atoms with Crippen LogP contribution >= 0.6 is 0 Å². The van der Waals surface area contributed by atoms with Gasteiger partial charge in [-0.3, -0.25) is 4.79 Å². The summed E-state index contributed by atoms with van der Waals surface area (Å²) in [6, 6.07) is 5.48. The highest BCUT2D eigenvalue weighted by molar-refractivity contribution is 5.83. The van der Waals surface area contributed by atoms with Crippen molar-refractivity contribution in [1.29, 1.82) is 0 Å². The van der Waals surface area contributed by atoms with Gasteiger partial charge in [0.15, 0.2) is 17.5 Å². The van der Waals surface area contributed by atoms with E-state index in [-0.39, 0.29) is 23.9 Å². The molecule has 4 heterocycles. The van der Waals surface area contributed by atoms with Crippen LogP contribution < -0.4 is 19.9 Å². The fraction of sp³-hybridized carbons (Fsp3) is 0.524. The standard InChI is InChI=1S/C21H26N6O3/c1-4-21(2,3)27-19(23-24-25-27)18(26-7-5-6-8-26)14-9-13-10-16-17(30-12-29-16)11-15(13)22-20(14)28/h9-11,18H,4-8,12H2,1-3H3,(H,22,28)/p+1/t18-/m1/s1. The lowest BCUT2D eigenvalue weighted by atomic mass is 9.99. The number of benzene rings is 1. The molecule has 158 valence electrons. The van der Waals surface area contributed by atoms with Gasteiger partial charge in [0.25, 0.3) is 5.56 Å². The zero-order valence-electron chi connectivity index (χ0n) is 17.6. The second-order valence-electron chi connectivity index (χ2n) is 8.76. The van der Waals surface area contributed by atoms with Gasteiger partial charge in [0.05, 0.1) is 29.7 Å². The summed E-state index contributed by atoms with van der Waals surface area (Å²) in [5.41, 5.74) is 1.05. The molecule has 2 N–H and O–H groups in total. The quantitative estimate of drug-likeness (QED) is 0.654. The summed E-state index contributed by atoms with van der Waals surface area (Å²) in [6.07, 6.45) is 3.15. The molecular formula is C21H27N6O3+. The minimum atomic E-state index is -0.244. The van der Waals surface area contributed by atoms with Gasteiger partial charge in [0.1, 0.15) is 0 Å². The maximum absolute atomic E-state index is 13.2. The number of rotatable bonds is 5. The van der Waals surface area contributed by atoms with E-state index in [0.29, 0.717) is 17.1 Å². The fourth-order valence-corrected chi connectivity index (χ4v) is 4.44. The van der Waals surface area contributed by atoms with Gasteiger partial charge in [-0.1, -0.05) is 6.92 Å². The highest BCUT2D eigenvalue weighted by Crippen LogP contribution is 2.35. The number of tetrazole rings is 1. The van der Waals surface area contributed by atoms with Crippen molar-refractivity contribution in [2.75, 3.05) is 19.9 Å². The summed E-state index contributed by atoms with van der Waals surface area (Å²) in [5.74, 6) is 2.09. The molecule has 1 atom stereocenters. The third-order valence-corrected chi connectivity index (χ3v) is 6.52. The van der Waals surface area contributed by atoms with Crippen LogP contribution in [0.1, 0.15) is 57.5 Å². The average Bonchev–Trinajstić information content (AvgIpc) is 3.49. The van der Waals surface area contributed by atoms with Crippen LogP contribution in [0.4, 0.5) is 0 Å². The van der Waals surface area contributed by atoms with Gasteiger partial charge >= 0.3 is 0 Å². The maximum Gasteiger partial charge on any atom is 0.258 e. The molecule has 0 aliphatic carbocycles. The molecule has 9 heteroatoms. The fourth-order valence-electron chi connectivity index (χ4n) is 4.44. The van der Waals surface area contributed by atoms with Crippen molar-refractivity contribution in [1.82, 2.24) is 25.2 Å². The van der Waals surface area contributed by atoms with Crippen molar-refractivity contribution in [2.24, 2.45) is 0 Å². The van der Waals surface area contributed by atoms with E-state index in [2.05, 4.69) is 41.3 Å². The molecule has 2 aliphatic rings. The molecule has 30 heavy (non-hydrogen) atoms. The first kappa shape index (κ1) is 19.0. The van der Waals surface area contributed by atoms with E-state index in [4.69, 9.17) is 9.47 Å². The van der Waals surface area contributed by atoms with Crippen molar-refractivity contribution >= 4 is 10.9 Å². The molecule has 2 aromatic heterocycles. The molecule has 0 saturated carbocycles. The molecule has 0 unspecified atom stereocenters. The number of pyridine rings is 1. The first-order valence-corrected chi connectivity index (χ1v) is 10.6.